The van der Waals surface area contributed by atoms with Gasteiger partial charge in [0.15, 0.2) is 5.17 Å². The Hall–Kier alpha value is -3.39. The van der Waals surface area contributed by atoms with Crippen LogP contribution in [0.5, 0.6) is 0 Å². The Morgan fingerprint density at radius 2 is 1.93 bits per heavy atom. The maximum atomic E-state index is 12.1. The van der Waals surface area contributed by atoms with Crippen LogP contribution >= 0.6 is 11.8 Å². The molecule has 0 spiro atoms. The van der Waals surface area contributed by atoms with Crippen LogP contribution in [0.3, 0.4) is 0 Å². The minimum Gasteiger partial charge on any atom is -0.361 e. The zero-order chi connectivity index (χ0) is 19.3. The van der Waals surface area contributed by atoms with Crippen molar-refractivity contribution in [3.05, 3.63) is 66.4 Å². The van der Waals surface area contributed by atoms with Crippen LogP contribution < -0.4 is 10.6 Å². The Morgan fingerprint density at radius 3 is 2.79 bits per heavy atom. The minimum atomic E-state index is -0.522. The molecular weight excluding hydrogens is 374 g/mol. The first-order valence-electron chi connectivity index (χ1n) is 8.68. The molecule has 3 aromatic rings. The summed E-state index contributed by atoms with van der Waals surface area (Å²) in [6.45, 7) is 0. The second kappa shape index (κ2) is 8.10. The maximum absolute atomic E-state index is 12.1. The van der Waals surface area contributed by atoms with Crippen molar-refractivity contribution in [2.75, 3.05) is 5.32 Å². The van der Waals surface area contributed by atoms with E-state index in [2.05, 4.69) is 25.8 Å². The van der Waals surface area contributed by atoms with Crippen molar-refractivity contribution >= 4 is 51.5 Å². The summed E-state index contributed by atoms with van der Waals surface area (Å²) < 4.78 is 0. The van der Waals surface area contributed by atoms with Gasteiger partial charge in [-0.3, -0.25) is 9.59 Å². The predicted molar refractivity (Wildman–Crippen MR) is 113 cm³/mol. The standard InChI is InChI=1S/C20H17N5O2S/c26-18(23-14-6-2-1-3-7-14)10-17-19(27)24-20(28-17)25-22-12-13-11-21-16-9-5-4-8-15(13)16/h1-9,11-12,17,21H,10H2,(H,23,26)(H,24,25,27)/b22-12-. The number of para-hydroxylation sites is 2. The van der Waals surface area contributed by atoms with Crippen LogP contribution in [0.1, 0.15) is 12.0 Å². The van der Waals surface area contributed by atoms with Crippen molar-refractivity contribution in [2.24, 2.45) is 10.2 Å². The summed E-state index contributed by atoms with van der Waals surface area (Å²) in [6.07, 6.45) is 3.55. The Labute approximate surface area is 165 Å². The first-order chi connectivity index (χ1) is 13.7. The van der Waals surface area contributed by atoms with Crippen molar-refractivity contribution in [1.29, 1.82) is 0 Å². The first kappa shape index (κ1) is 18.0. The van der Waals surface area contributed by atoms with Crippen LogP contribution in [0.15, 0.2) is 71.0 Å². The number of aromatic amines is 1. The number of thioether (sulfide) groups is 1. The van der Waals surface area contributed by atoms with E-state index < -0.39 is 5.25 Å². The highest BCUT2D eigenvalue weighted by Crippen LogP contribution is 2.23. The molecule has 1 aliphatic heterocycles. The molecule has 1 atom stereocenters. The SMILES string of the molecule is O=C(CC1S/C(=N\N=C/c2c[nH]c3ccccc23)NC1=O)Nc1ccccc1. The zero-order valence-corrected chi connectivity index (χ0v) is 15.6. The van der Waals surface area contributed by atoms with Gasteiger partial charge < -0.3 is 15.6 Å². The zero-order valence-electron chi connectivity index (χ0n) is 14.8. The molecule has 1 fully saturated rings. The Balaban J connectivity index is 1.36. The minimum absolute atomic E-state index is 0.0660. The van der Waals surface area contributed by atoms with Gasteiger partial charge in [-0.25, -0.2) is 0 Å². The van der Waals surface area contributed by atoms with Crippen molar-refractivity contribution < 1.29 is 9.59 Å². The number of rotatable bonds is 5. The molecular formula is C20H17N5O2S. The first-order valence-corrected chi connectivity index (χ1v) is 9.56. The molecule has 0 bridgehead atoms. The van der Waals surface area contributed by atoms with Crippen LogP contribution in [0.4, 0.5) is 5.69 Å². The summed E-state index contributed by atoms with van der Waals surface area (Å²) in [7, 11) is 0. The number of hydrogen-bond acceptors (Lipinski definition) is 5. The van der Waals surface area contributed by atoms with E-state index in [4.69, 9.17) is 0 Å². The lowest BCUT2D eigenvalue weighted by Gasteiger charge is -2.06. The van der Waals surface area contributed by atoms with Gasteiger partial charge in [0.05, 0.1) is 6.21 Å². The number of aromatic nitrogens is 1. The summed E-state index contributed by atoms with van der Waals surface area (Å²) in [6, 6.07) is 17.0. The lowest BCUT2D eigenvalue weighted by molar-refractivity contribution is -0.122. The van der Waals surface area contributed by atoms with Crippen LogP contribution in [-0.4, -0.2) is 33.4 Å². The van der Waals surface area contributed by atoms with Gasteiger partial charge in [-0.1, -0.05) is 48.2 Å². The summed E-state index contributed by atoms with van der Waals surface area (Å²) >= 11 is 1.21. The number of carbonyl (C=O) groups is 2. The third kappa shape index (κ3) is 4.12. The quantitative estimate of drug-likeness (QED) is 0.460. The molecule has 8 heteroatoms. The number of amides is 2. The number of fused-ring (bicyclic) bond motifs is 1. The van der Waals surface area contributed by atoms with E-state index in [-0.39, 0.29) is 18.2 Å². The van der Waals surface area contributed by atoms with Crippen LogP contribution in [0.25, 0.3) is 10.9 Å². The fourth-order valence-corrected chi connectivity index (χ4v) is 3.76. The van der Waals surface area contributed by atoms with E-state index in [1.54, 1.807) is 18.3 Å². The lowest BCUT2D eigenvalue weighted by atomic mass is 10.2. The van der Waals surface area contributed by atoms with E-state index in [0.717, 1.165) is 16.5 Å². The Kier molecular flexibility index (Phi) is 5.20. The van der Waals surface area contributed by atoms with Crippen molar-refractivity contribution in [3.8, 4) is 0 Å². The molecule has 28 heavy (non-hydrogen) atoms. The van der Waals surface area contributed by atoms with E-state index in [1.807, 2.05) is 48.7 Å². The Bertz CT molecular complexity index is 1070. The normalized spacial score (nSPS) is 18.1. The average molecular weight is 391 g/mol. The van der Waals surface area contributed by atoms with E-state index in [1.165, 1.54) is 11.8 Å². The number of amidine groups is 1. The van der Waals surface area contributed by atoms with Crippen molar-refractivity contribution in [2.45, 2.75) is 11.7 Å². The summed E-state index contributed by atoms with van der Waals surface area (Å²) in [5.41, 5.74) is 2.63. The van der Waals surface area contributed by atoms with E-state index in [9.17, 15) is 9.59 Å². The number of anilines is 1. The van der Waals surface area contributed by atoms with Crippen molar-refractivity contribution in [1.82, 2.24) is 10.3 Å². The number of hydrogen-bond donors (Lipinski definition) is 3. The van der Waals surface area contributed by atoms with Gasteiger partial charge in [0, 0.05) is 34.8 Å². The highest BCUT2D eigenvalue weighted by Gasteiger charge is 2.32. The van der Waals surface area contributed by atoms with Gasteiger partial charge >= 0.3 is 0 Å². The topological polar surface area (TPSA) is 98.7 Å². The second-order valence-electron chi connectivity index (χ2n) is 6.15. The molecule has 1 saturated heterocycles. The molecule has 1 aliphatic rings. The maximum Gasteiger partial charge on any atom is 0.240 e. The van der Waals surface area contributed by atoms with Gasteiger partial charge in [-0.2, -0.15) is 5.10 Å². The fraction of sp³-hybridized carbons (Fsp3) is 0.100. The molecule has 2 amide bonds. The molecule has 7 nitrogen and oxygen atoms in total. The molecule has 1 unspecified atom stereocenters. The third-order valence-electron chi connectivity index (χ3n) is 4.17. The number of benzene rings is 2. The van der Waals surface area contributed by atoms with Gasteiger partial charge in [-0.15, -0.1) is 5.10 Å². The van der Waals surface area contributed by atoms with Crippen molar-refractivity contribution in [3.63, 3.8) is 0 Å². The smallest absolute Gasteiger partial charge is 0.240 e. The van der Waals surface area contributed by atoms with E-state index >= 15 is 0 Å². The molecule has 0 saturated carbocycles. The fourth-order valence-electron chi connectivity index (χ4n) is 2.83. The monoisotopic (exact) mass is 391 g/mol. The summed E-state index contributed by atoms with van der Waals surface area (Å²) in [5.74, 6) is -0.461. The second-order valence-corrected chi connectivity index (χ2v) is 7.34. The predicted octanol–water partition coefficient (Wildman–Crippen LogP) is 3.12. The number of nitrogens with one attached hydrogen (secondary N) is 3. The van der Waals surface area contributed by atoms with Gasteiger partial charge in [0.1, 0.15) is 5.25 Å². The number of nitrogens with zero attached hydrogens (tertiary/aromatic N) is 2. The molecule has 0 aliphatic carbocycles. The van der Waals surface area contributed by atoms with Crippen LogP contribution in [0.2, 0.25) is 0 Å². The van der Waals surface area contributed by atoms with Gasteiger partial charge in [0.2, 0.25) is 11.8 Å². The molecule has 3 N–H and O–H groups in total. The third-order valence-corrected chi connectivity index (χ3v) is 5.24. The largest absolute Gasteiger partial charge is 0.361 e. The van der Waals surface area contributed by atoms with Gasteiger partial charge in [0.25, 0.3) is 0 Å². The van der Waals surface area contributed by atoms with E-state index in [0.29, 0.717) is 10.9 Å². The highest BCUT2D eigenvalue weighted by atomic mass is 32.2. The Morgan fingerprint density at radius 1 is 1.14 bits per heavy atom. The average Bonchev–Trinajstić information content (AvgIpc) is 3.26. The number of carbonyl (C=O) groups excluding carboxylic acids is 2. The summed E-state index contributed by atoms with van der Waals surface area (Å²) in [5, 5.41) is 14.5. The molecule has 2 heterocycles. The van der Waals surface area contributed by atoms with Crippen LogP contribution in [0, 0.1) is 0 Å². The molecule has 1 aromatic heterocycles. The molecule has 140 valence electrons. The highest BCUT2D eigenvalue weighted by molar-refractivity contribution is 8.15. The van der Waals surface area contributed by atoms with Crippen LogP contribution in [-0.2, 0) is 9.59 Å². The van der Waals surface area contributed by atoms with Gasteiger partial charge in [-0.05, 0) is 18.2 Å². The summed E-state index contributed by atoms with van der Waals surface area (Å²) in [4.78, 5) is 27.4. The molecule has 2 aromatic carbocycles. The molecule has 4 rings (SSSR count). The molecule has 0 radical (unpaired) electrons. The number of H-pyrrole nitrogens is 1. The lowest BCUT2D eigenvalue weighted by Crippen LogP contribution is -2.28.